The lowest BCUT2D eigenvalue weighted by atomic mass is 10.1. The Labute approximate surface area is 100 Å². The van der Waals surface area contributed by atoms with Crippen LogP contribution >= 0.6 is 12.0 Å². The van der Waals surface area contributed by atoms with E-state index in [1.54, 1.807) is 0 Å². The molecule has 0 saturated heterocycles. The fourth-order valence-electron chi connectivity index (χ4n) is 1.12. The zero-order valence-electron chi connectivity index (χ0n) is 9.17. The highest BCUT2D eigenvalue weighted by molar-refractivity contribution is 8.02. The van der Waals surface area contributed by atoms with E-state index in [4.69, 9.17) is 0 Å². The summed E-state index contributed by atoms with van der Waals surface area (Å²) in [6.07, 6.45) is 0.954. The summed E-state index contributed by atoms with van der Waals surface area (Å²) in [4.78, 5) is 0. The molecule has 90 valence electrons. The molecule has 6 heteroatoms. The van der Waals surface area contributed by atoms with Gasteiger partial charge in [0.1, 0.15) is 0 Å². The van der Waals surface area contributed by atoms with Crippen LogP contribution in [0.2, 0.25) is 0 Å². The first-order valence-corrected chi connectivity index (χ1v) is 7.01. The Bertz CT molecular complexity index is 428. The Morgan fingerprint density at radius 2 is 2.00 bits per heavy atom. The molecule has 0 aliphatic heterocycles. The molecule has 4 nitrogen and oxygen atoms in total. The van der Waals surface area contributed by atoms with Crippen LogP contribution in [0.3, 0.4) is 0 Å². The third-order valence-corrected chi connectivity index (χ3v) is 3.87. The quantitative estimate of drug-likeness (QED) is 0.736. The Morgan fingerprint density at radius 3 is 2.62 bits per heavy atom. The lowest BCUT2D eigenvalue weighted by molar-refractivity contribution is 0.343. The van der Waals surface area contributed by atoms with Crippen molar-refractivity contribution in [2.75, 3.05) is 7.11 Å². The van der Waals surface area contributed by atoms with Crippen LogP contribution in [-0.2, 0) is 30.4 Å². The van der Waals surface area contributed by atoms with Crippen LogP contribution in [0.4, 0.5) is 0 Å². The van der Waals surface area contributed by atoms with Crippen LogP contribution in [0.1, 0.15) is 18.1 Å². The highest BCUT2D eigenvalue weighted by Gasteiger charge is 2.09. The average molecular weight is 262 g/mol. The maximum absolute atomic E-state index is 10.8. The minimum absolute atomic E-state index is 0.469. The van der Waals surface area contributed by atoms with Gasteiger partial charge in [0.2, 0.25) is 0 Å². The van der Waals surface area contributed by atoms with Crippen molar-refractivity contribution in [3.05, 3.63) is 35.4 Å². The zero-order valence-corrected chi connectivity index (χ0v) is 10.8. The molecule has 1 rings (SSSR count). The van der Waals surface area contributed by atoms with Crippen molar-refractivity contribution in [2.45, 2.75) is 19.1 Å². The van der Waals surface area contributed by atoms with Gasteiger partial charge in [0.15, 0.2) is 0 Å². The van der Waals surface area contributed by atoms with Gasteiger partial charge in [-0.15, -0.1) is 0 Å². The van der Waals surface area contributed by atoms with Gasteiger partial charge in [-0.1, -0.05) is 31.2 Å². The predicted molar refractivity (Wildman–Crippen MR) is 64.1 cm³/mol. The van der Waals surface area contributed by atoms with Crippen molar-refractivity contribution in [3.8, 4) is 0 Å². The van der Waals surface area contributed by atoms with E-state index in [1.165, 1.54) is 5.56 Å². The van der Waals surface area contributed by atoms with E-state index in [9.17, 15) is 8.42 Å². The third-order valence-electron chi connectivity index (χ3n) is 1.96. The first-order valence-electron chi connectivity index (χ1n) is 4.77. The van der Waals surface area contributed by atoms with E-state index >= 15 is 0 Å². The van der Waals surface area contributed by atoms with E-state index in [2.05, 4.69) is 14.7 Å². The largest absolute Gasteiger partial charge is 0.410 e. The predicted octanol–water partition coefficient (Wildman–Crippen LogP) is 2.31. The van der Waals surface area contributed by atoms with Gasteiger partial charge in [0.05, 0.1) is 7.11 Å². The minimum Gasteiger partial charge on any atom is -0.251 e. The standard InChI is InChI=1S/C10H14O4S2/c1-3-9-5-4-6-10(7-9)8-15-14-16(11,12)13-2/h4-7H,3,8H2,1-2H3. The van der Waals surface area contributed by atoms with Crippen molar-refractivity contribution in [1.29, 1.82) is 0 Å². The first-order chi connectivity index (χ1) is 7.57. The SMILES string of the molecule is CCc1cccc(CSOS(=O)(=O)OC)c1. The van der Waals surface area contributed by atoms with E-state index in [-0.39, 0.29) is 0 Å². The topological polar surface area (TPSA) is 52.6 Å². The van der Waals surface area contributed by atoms with Crippen molar-refractivity contribution < 1.29 is 16.2 Å². The average Bonchev–Trinajstić information content (AvgIpc) is 2.29. The Kier molecular flexibility index (Phi) is 5.27. The summed E-state index contributed by atoms with van der Waals surface area (Å²) in [6, 6.07) is 7.92. The molecule has 1 aromatic rings. The molecule has 16 heavy (non-hydrogen) atoms. The van der Waals surface area contributed by atoms with Crippen molar-refractivity contribution >= 4 is 22.4 Å². The molecule has 0 bridgehead atoms. The van der Waals surface area contributed by atoms with E-state index in [0.29, 0.717) is 5.75 Å². The molecule has 0 atom stereocenters. The minimum atomic E-state index is -3.84. The second-order valence-electron chi connectivity index (χ2n) is 3.08. The summed E-state index contributed by atoms with van der Waals surface area (Å²) < 4.78 is 30.4. The van der Waals surface area contributed by atoms with Crippen LogP contribution in [-0.4, -0.2) is 15.5 Å². The van der Waals surface area contributed by atoms with Gasteiger partial charge in [-0.2, -0.15) is 12.0 Å². The maximum Gasteiger partial charge on any atom is 0.410 e. The van der Waals surface area contributed by atoms with Crippen LogP contribution in [0.15, 0.2) is 24.3 Å². The molecular weight excluding hydrogens is 248 g/mol. The van der Waals surface area contributed by atoms with Gasteiger partial charge in [0.25, 0.3) is 0 Å². The normalized spacial score (nSPS) is 11.6. The number of rotatable bonds is 6. The monoisotopic (exact) mass is 262 g/mol. The summed E-state index contributed by atoms with van der Waals surface area (Å²) >= 11 is 0.844. The molecule has 0 aliphatic carbocycles. The molecule has 0 aliphatic rings. The van der Waals surface area contributed by atoms with E-state index in [1.807, 2.05) is 24.3 Å². The summed E-state index contributed by atoms with van der Waals surface area (Å²) in [5.41, 5.74) is 2.24. The number of hydrogen-bond acceptors (Lipinski definition) is 5. The van der Waals surface area contributed by atoms with Crippen LogP contribution in [0, 0.1) is 0 Å². The number of hydrogen-bond donors (Lipinski definition) is 0. The van der Waals surface area contributed by atoms with E-state index < -0.39 is 10.4 Å². The maximum atomic E-state index is 10.8. The third kappa shape index (κ3) is 4.52. The molecule has 0 spiro atoms. The van der Waals surface area contributed by atoms with Gasteiger partial charge in [0, 0.05) is 17.8 Å². The fourth-order valence-corrected chi connectivity index (χ4v) is 2.32. The Balaban J connectivity index is 2.49. The molecule has 0 amide bonds. The molecule has 0 radical (unpaired) electrons. The molecule has 0 aromatic heterocycles. The molecule has 0 N–H and O–H groups in total. The lowest BCUT2D eigenvalue weighted by Crippen LogP contribution is -2.02. The highest BCUT2D eigenvalue weighted by Crippen LogP contribution is 2.17. The van der Waals surface area contributed by atoms with Crippen LogP contribution < -0.4 is 0 Å². The highest BCUT2D eigenvalue weighted by atomic mass is 32.3. The van der Waals surface area contributed by atoms with Crippen LogP contribution in [0.5, 0.6) is 0 Å². The second-order valence-corrected chi connectivity index (χ2v) is 5.30. The Hall–Kier alpha value is -0.560. The molecule has 1 aromatic carbocycles. The van der Waals surface area contributed by atoms with Gasteiger partial charge in [-0.3, -0.25) is 4.18 Å². The summed E-state index contributed by atoms with van der Waals surface area (Å²) in [7, 11) is -2.78. The number of benzene rings is 1. The summed E-state index contributed by atoms with van der Waals surface area (Å²) in [5.74, 6) is 0.469. The van der Waals surface area contributed by atoms with Crippen LogP contribution in [0.25, 0.3) is 0 Å². The number of aryl methyl sites for hydroxylation is 1. The van der Waals surface area contributed by atoms with E-state index in [0.717, 1.165) is 31.1 Å². The van der Waals surface area contributed by atoms with Crippen molar-refractivity contribution in [3.63, 3.8) is 0 Å². The fraction of sp³-hybridized carbons (Fsp3) is 0.400. The first kappa shape index (κ1) is 13.5. The zero-order chi connectivity index (χ0) is 12.0. The summed E-state index contributed by atoms with van der Waals surface area (Å²) in [5, 5.41) is 0. The van der Waals surface area contributed by atoms with Gasteiger partial charge in [-0.05, 0) is 17.5 Å². The van der Waals surface area contributed by atoms with Gasteiger partial charge >= 0.3 is 10.4 Å². The Morgan fingerprint density at radius 1 is 1.31 bits per heavy atom. The van der Waals surface area contributed by atoms with Crippen molar-refractivity contribution in [1.82, 2.24) is 0 Å². The molecular formula is C10H14O4S2. The van der Waals surface area contributed by atoms with Gasteiger partial charge < -0.3 is 0 Å². The molecule has 0 fully saturated rings. The molecule has 0 unspecified atom stereocenters. The lowest BCUT2D eigenvalue weighted by Gasteiger charge is -2.03. The van der Waals surface area contributed by atoms with Crippen molar-refractivity contribution in [2.24, 2.45) is 0 Å². The molecule has 0 heterocycles. The summed E-state index contributed by atoms with van der Waals surface area (Å²) in [6.45, 7) is 2.07. The van der Waals surface area contributed by atoms with Gasteiger partial charge in [-0.25, -0.2) is 0 Å². The smallest absolute Gasteiger partial charge is 0.251 e. The molecule has 0 saturated carbocycles. The second kappa shape index (κ2) is 6.24.